The van der Waals surface area contributed by atoms with Crippen LogP contribution < -0.4 is 10.0 Å². The van der Waals surface area contributed by atoms with E-state index < -0.39 is 5.88 Å². The summed E-state index contributed by atoms with van der Waals surface area (Å²) in [6.07, 6.45) is 1.07. The molecule has 5 heteroatoms. The second-order valence-corrected chi connectivity index (χ2v) is 2.84. The van der Waals surface area contributed by atoms with E-state index in [-0.39, 0.29) is 10.6 Å². The second-order valence-electron chi connectivity index (χ2n) is 2.84. The van der Waals surface area contributed by atoms with Crippen molar-refractivity contribution in [3.05, 3.63) is 35.7 Å². The van der Waals surface area contributed by atoms with Crippen molar-refractivity contribution in [2.24, 2.45) is 0 Å². The fourth-order valence-corrected chi connectivity index (χ4v) is 0.785. The third-order valence-electron chi connectivity index (χ3n) is 1.54. The largest absolute Gasteiger partial charge is 0.616 e. The van der Waals surface area contributed by atoms with Gasteiger partial charge in [0.25, 0.3) is 5.91 Å². The van der Waals surface area contributed by atoms with Crippen LogP contribution in [-0.4, -0.2) is 11.0 Å². The molecule has 0 atom stereocenters. The molecule has 1 aromatic rings. The molecule has 74 valence electrons. The SMILES string of the molecule is C=C(C)C(=O)Nc1ccc(O)[n+]([O-])c1. The van der Waals surface area contributed by atoms with Gasteiger partial charge in [0.15, 0.2) is 0 Å². The van der Waals surface area contributed by atoms with Crippen molar-refractivity contribution in [3.8, 4) is 5.88 Å². The van der Waals surface area contributed by atoms with Crippen LogP contribution in [0, 0.1) is 5.21 Å². The third kappa shape index (κ3) is 2.22. The lowest BCUT2D eigenvalue weighted by Crippen LogP contribution is -2.26. The number of rotatable bonds is 2. The summed E-state index contributed by atoms with van der Waals surface area (Å²) in [7, 11) is 0. The molecule has 1 aromatic heterocycles. The Bertz CT molecular complexity index is 388. The van der Waals surface area contributed by atoms with Gasteiger partial charge in [-0.15, -0.1) is 4.73 Å². The van der Waals surface area contributed by atoms with Crippen LogP contribution in [0.25, 0.3) is 0 Å². The Labute approximate surface area is 80.9 Å². The minimum Gasteiger partial charge on any atom is -0.616 e. The van der Waals surface area contributed by atoms with E-state index >= 15 is 0 Å². The number of nitrogens with one attached hydrogen (secondary N) is 1. The molecular weight excluding hydrogens is 184 g/mol. The van der Waals surface area contributed by atoms with Crippen LogP contribution in [-0.2, 0) is 4.79 Å². The Morgan fingerprint density at radius 2 is 2.29 bits per heavy atom. The normalized spacial score (nSPS) is 9.50. The first kappa shape index (κ1) is 10.0. The van der Waals surface area contributed by atoms with Crippen LogP contribution in [0.4, 0.5) is 5.69 Å². The lowest BCUT2D eigenvalue weighted by atomic mass is 10.3. The fourth-order valence-electron chi connectivity index (χ4n) is 0.785. The van der Waals surface area contributed by atoms with E-state index in [1.807, 2.05) is 0 Å². The molecule has 0 spiro atoms. The van der Waals surface area contributed by atoms with Gasteiger partial charge in [0, 0.05) is 5.57 Å². The molecule has 0 fully saturated rings. The fraction of sp³-hybridized carbons (Fsp3) is 0.111. The summed E-state index contributed by atoms with van der Waals surface area (Å²) >= 11 is 0. The number of nitrogens with zero attached hydrogens (tertiary/aromatic N) is 1. The molecule has 1 rings (SSSR count). The molecule has 0 saturated carbocycles. The first-order valence-electron chi connectivity index (χ1n) is 3.90. The average molecular weight is 194 g/mol. The van der Waals surface area contributed by atoms with Gasteiger partial charge in [0.1, 0.15) is 5.69 Å². The van der Waals surface area contributed by atoms with Crippen LogP contribution in [0.2, 0.25) is 0 Å². The molecule has 0 saturated heterocycles. The summed E-state index contributed by atoms with van der Waals surface area (Å²) in [5.74, 6) is -0.783. The maximum absolute atomic E-state index is 11.1. The first-order chi connectivity index (χ1) is 6.50. The van der Waals surface area contributed by atoms with Gasteiger partial charge in [-0.25, -0.2) is 0 Å². The molecule has 0 aliphatic carbocycles. The highest BCUT2D eigenvalue weighted by Gasteiger charge is 2.07. The van der Waals surface area contributed by atoms with Crippen molar-refractivity contribution in [3.63, 3.8) is 0 Å². The first-order valence-corrected chi connectivity index (χ1v) is 3.90. The quantitative estimate of drug-likeness (QED) is 0.410. The summed E-state index contributed by atoms with van der Waals surface area (Å²) in [6.45, 7) is 5.00. The van der Waals surface area contributed by atoms with Gasteiger partial charge >= 0.3 is 5.88 Å². The highest BCUT2D eigenvalue weighted by atomic mass is 16.5. The highest BCUT2D eigenvalue weighted by molar-refractivity contribution is 6.02. The van der Waals surface area contributed by atoms with Crippen LogP contribution >= 0.6 is 0 Å². The van der Waals surface area contributed by atoms with Gasteiger partial charge in [-0.05, 0) is 13.0 Å². The van der Waals surface area contributed by atoms with Crippen molar-refractivity contribution >= 4 is 11.6 Å². The predicted octanol–water partition coefficient (Wildman–Crippen LogP) is 0.540. The molecule has 5 nitrogen and oxygen atoms in total. The van der Waals surface area contributed by atoms with E-state index in [4.69, 9.17) is 5.11 Å². The zero-order valence-corrected chi connectivity index (χ0v) is 7.65. The van der Waals surface area contributed by atoms with Crippen LogP contribution in [0.3, 0.4) is 0 Å². The zero-order valence-electron chi connectivity index (χ0n) is 7.65. The topological polar surface area (TPSA) is 76.3 Å². The lowest BCUT2D eigenvalue weighted by Gasteiger charge is -2.04. The van der Waals surface area contributed by atoms with Crippen LogP contribution in [0.1, 0.15) is 6.92 Å². The molecule has 0 radical (unpaired) electrons. The Morgan fingerprint density at radius 1 is 1.64 bits per heavy atom. The van der Waals surface area contributed by atoms with Crippen LogP contribution in [0.15, 0.2) is 30.5 Å². The van der Waals surface area contributed by atoms with E-state index in [9.17, 15) is 10.0 Å². The predicted molar refractivity (Wildman–Crippen MR) is 50.5 cm³/mol. The second kappa shape index (κ2) is 3.78. The summed E-state index contributed by atoms with van der Waals surface area (Å²) in [5.41, 5.74) is 0.654. The molecule has 1 heterocycles. The van der Waals surface area contributed by atoms with E-state index in [0.29, 0.717) is 11.3 Å². The Balaban J connectivity index is 2.83. The maximum atomic E-state index is 11.1. The zero-order chi connectivity index (χ0) is 10.7. The minimum atomic E-state index is -0.418. The lowest BCUT2D eigenvalue weighted by molar-refractivity contribution is -0.612. The number of carbonyl (C=O) groups excluding carboxylic acids is 1. The summed E-state index contributed by atoms with van der Waals surface area (Å²) in [4.78, 5) is 11.1. The molecule has 1 amide bonds. The molecule has 0 aliphatic heterocycles. The Kier molecular flexibility index (Phi) is 2.71. The van der Waals surface area contributed by atoms with Gasteiger partial charge in [0.2, 0.25) is 6.20 Å². The van der Waals surface area contributed by atoms with Crippen molar-refractivity contribution in [2.75, 3.05) is 5.32 Å². The number of aromatic hydroxyl groups is 1. The van der Waals surface area contributed by atoms with E-state index in [1.54, 1.807) is 6.92 Å². The standard InChI is InChI=1S/C9H10N2O3/c1-6(2)9(13)10-7-3-4-8(12)11(14)5-7/h3-5,12H,1H2,2H3,(H,10,13). The van der Waals surface area contributed by atoms with Gasteiger partial charge in [-0.2, -0.15) is 0 Å². The average Bonchev–Trinajstić information content (AvgIpc) is 2.11. The van der Waals surface area contributed by atoms with Crippen molar-refractivity contribution in [2.45, 2.75) is 6.92 Å². The van der Waals surface area contributed by atoms with Gasteiger partial charge in [0.05, 0.1) is 6.07 Å². The monoisotopic (exact) mass is 194 g/mol. The number of carbonyl (C=O) groups is 1. The van der Waals surface area contributed by atoms with Crippen molar-refractivity contribution in [1.82, 2.24) is 0 Å². The number of amides is 1. The highest BCUT2D eigenvalue weighted by Crippen LogP contribution is 2.08. The molecule has 0 aromatic carbocycles. The minimum absolute atomic E-state index is 0.258. The van der Waals surface area contributed by atoms with E-state index in [1.165, 1.54) is 12.1 Å². The summed E-state index contributed by atoms with van der Waals surface area (Å²) in [5, 5.41) is 22.2. The van der Waals surface area contributed by atoms with Crippen LogP contribution in [0.5, 0.6) is 5.88 Å². The Hall–Kier alpha value is -2.04. The number of anilines is 1. The molecule has 0 aliphatic rings. The molecule has 0 bridgehead atoms. The molecule has 2 N–H and O–H groups in total. The molecule has 14 heavy (non-hydrogen) atoms. The number of aromatic nitrogens is 1. The maximum Gasteiger partial charge on any atom is 0.377 e. The summed E-state index contributed by atoms with van der Waals surface area (Å²) < 4.78 is 0.258. The summed E-state index contributed by atoms with van der Waals surface area (Å²) in [6, 6.07) is 2.62. The molecule has 0 unspecified atom stereocenters. The smallest absolute Gasteiger partial charge is 0.377 e. The van der Waals surface area contributed by atoms with Crippen molar-refractivity contribution < 1.29 is 14.6 Å². The molecular formula is C9H10N2O3. The number of pyridine rings is 1. The van der Waals surface area contributed by atoms with Gasteiger partial charge in [-0.1, -0.05) is 6.58 Å². The number of hydrogen-bond donors (Lipinski definition) is 2. The van der Waals surface area contributed by atoms with Crippen molar-refractivity contribution in [1.29, 1.82) is 0 Å². The number of hydrogen-bond acceptors (Lipinski definition) is 3. The Morgan fingerprint density at radius 3 is 2.79 bits per heavy atom. The third-order valence-corrected chi connectivity index (χ3v) is 1.54. The van der Waals surface area contributed by atoms with E-state index in [0.717, 1.165) is 6.20 Å². The van der Waals surface area contributed by atoms with Gasteiger partial charge in [-0.3, -0.25) is 4.79 Å². The van der Waals surface area contributed by atoms with E-state index in [2.05, 4.69) is 11.9 Å². The van der Waals surface area contributed by atoms with Gasteiger partial charge < -0.3 is 15.6 Å².